The summed E-state index contributed by atoms with van der Waals surface area (Å²) in [6.45, 7) is 4.75. The van der Waals surface area contributed by atoms with Crippen LogP contribution in [-0.4, -0.2) is 40.6 Å². The molecule has 0 aliphatic carbocycles. The van der Waals surface area contributed by atoms with Gasteiger partial charge in [-0.15, -0.1) is 11.8 Å². The molecule has 0 radical (unpaired) electrons. The van der Waals surface area contributed by atoms with Gasteiger partial charge in [0.2, 0.25) is 11.8 Å². The summed E-state index contributed by atoms with van der Waals surface area (Å²) >= 11 is 1.62. The second-order valence-electron chi connectivity index (χ2n) is 5.72. The van der Waals surface area contributed by atoms with Gasteiger partial charge in [0, 0.05) is 18.0 Å². The van der Waals surface area contributed by atoms with Crippen LogP contribution in [0.1, 0.15) is 19.4 Å². The molecule has 1 aromatic rings. The lowest BCUT2D eigenvalue weighted by molar-refractivity contribution is -0.148. The summed E-state index contributed by atoms with van der Waals surface area (Å²) in [6, 6.07) is 8.13. The van der Waals surface area contributed by atoms with E-state index in [1.165, 1.54) is 10.5 Å². The fourth-order valence-electron chi connectivity index (χ4n) is 2.78. The van der Waals surface area contributed by atoms with E-state index in [2.05, 4.69) is 17.4 Å². The van der Waals surface area contributed by atoms with E-state index in [0.29, 0.717) is 13.1 Å². The third-order valence-corrected chi connectivity index (χ3v) is 5.35. The number of benzene rings is 1. The maximum absolute atomic E-state index is 12.8. The van der Waals surface area contributed by atoms with Crippen molar-refractivity contribution in [3.05, 3.63) is 29.8 Å². The van der Waals surface area contributed by atoms with Gasteiger partial charge in [0.15, 0.2) is 0 Å². The van der Waals surface area contributed by atoms with Gasteiger partial charge in [0.25, 0.3) is 0 Å². The average Bonchev–Trinajstić information content (AvgIpc) is 2.85. The SMILES string of the molecule is CC1(C)C(=O)NCCN1C(=O)C1Cc2ccccc2S1. The Morgan fingerprint density at radius 2 is 2.15 bits per heavy atom. The van der Waals surface area contributed by atoms with E-state index in [-0.39, 0.29) is 17.1 Å². The maximum atomic E-state index is 12.8. The summed E-state index contributed by atoms with van der Waals surface area (Å²) in [5.74, 6) is 0.00339. The first-order chi connectivity index (χ1) is 9.50. The highest BCUT2D eigenvalue weighted by Crippen LogP contribution is 2.38. The van der Waals surface area contributed by atoms with E-state index >= 15 is 0 Å². The Morgan fingerprint density at radius 1 is 1.40 bits per heavy atom. The van der Waals surface area contributed by atoms with Crippen molar-refractivity contribution in [3.8, 4) is 0 Å². The van der Waals surface area contributed by atoms with Crippen LogP contribution in [-0.2, 0) is 16.0 Å². The van der Waals surface area contributed by atoms with Gasteiger partial charge in [0.1, 0.15) is 5.54 Å². The number of piperazine rings is 1. The number of hydrogen-bond acceptors (Lipinski definition) is 3. The summed E-state index contributed by atoms with van der Waals surface area (Å²) in [6.07, 6.45) is 0.758. The van der Waals surface area contributed by atoms with Crippen LogP contribution in [0.25, 0.3) is 0 Å². The van der Waals surface area contributed by atoms with Crippen molar-refractivity contribution in [3.63, 3.8) is 0 Å². The monoisotopic (exact) mass is 290 g/mol. The number of thioether (sulfide) groups is 1. The highest BCUT2D eigenvalue weighted by Gasteiger charge is 2.43. The van der Waals surface area contributed by atoms with Gasteiger partial charge in [-0.05, 0) is 31.9 Å². The number of carbonyl (C=O) groups is 2. The van der Waals surface area contributed by atoms with Gasteiger partial charge >= 0.3 is 0 Å². The van der Waals surface area contributed by atoms with E-state index in [1.54, 1.807) is 16.7 Å². The molecular formula is C15H18N2O2S. The molecule has 0 saturated carbocycles. The Hall–Kier alpha value is -1.49. The molecule has 1 unspecified atom stereocenters. The lowest BCUT2D eigenvalue weighted by Gasteiger charge is -2.42. The van der Waals surface area contributed by atoms with Gasteiger partial charge in [-0.3, -0.25) is 9.59 Å². The van der Waals surface area contributed by atoms with Gasteiger partial charge < -0.3 is 10.2 Å². The number of amides is 2. The fraction of sp³-hybridized carbons (Fsp3) is 0.467. The number of carbonyl (C=O) groups excluding carboxylic acids is 2. The zero-order valence-electron chi connectivity index (χ0n) is 11.7. The van der Waals surface area contributed by atoms with Crippen LogP contribution in [0.15, 0.2) is 29.2 Å². The molecule has 20 heavy (non-hydrogen) atoms. The van der Waals surface area contributed by atoms with Crippen molar-refractivity contribution < 1.29 is 9.59 Å². The molecule has 1 N–H and O–H groups in total. The summed E-state index contributed by atoms with van der Waals surface area (Å²) in [7, 11) is 0. The number of fused-ring (bicyclic) bond motifs is 1. The van der Waals surface area contributed by atoms with Gasteiger partial charge in [0.05, 0.1) is 5.25 Å². The number of nitrogens with zero attached hydrogens (tertiary/aromatic N) is 1. The largest absolute Gasteiger partial charge is 0.352 e. The highest BCUT2D eigenvalue weighted by molar-refractivity contribution is 8.01. The van der Waals surface area contributed by atoms with E-state index in [4.69, 9.17) is 0 Å². The van der Waals surface area contributed by atoms with Gasteiger partial charge in [-0.2, -0.15) is 0 Å². The molecule has 3 rings (SSSR count). The standard InChI is InChI=1S/C15H18N2O2S/c1-15(2)14(19)16-7-8-17(15)13(18)12-9-10-5-3-4-6-11(10)20-12/h3-6,12H,7-9H2,1-2H3,(H,16,19). The Labute approximate surface area is 122 Å². The van der Waals surface area contributed by atoms with Crippen LogP contribution < -0.4 is 5.32 Å². The molecule has 2 aliphatic rings. The minimum Gasteiger partial charge on any atom is -0.352 e. The summed E-state index contributed by atoms with van der Waals surface area (Å²) in [4.78, 5) is 27.6. The average molecular weight is 290 g/mol. The van der Waals surface area contributed by atoms with Crippen LogP contribution >= 0.6 is 11.8 Å². The van der Waals surface area contributed by atoms with Crippen LogP contribution in [0.3, 0.4) is 0 Å². The quantitative estimate of drug-likeness (QED) is 0.851. The van der Waals surface area contributed by atoms with Crippen molar-refractivity contribution >= 4 is 23.6 Å². The van der Waals surface area contributed by atoms with E-state index in [1.807, 2.05) is 26.0 Å². The van der Waals surface area contributed by atoms with E-state index in [9.17, 15) is 9.59 Å². The predicted octanol–water partition coefficient (Wildman–Crippen LogP) is 1.44. The lowest BCUT2D eigenvalue weighted by atomic mass is 9.97. The molecule has 2 heterocycles. The molecule has 106 valence electrons. The second kappa shape index (κ2) is 4.81. The molecule has 4 nitrogen and oxygen atoms in total. The zero-order chi connectivity index (χ0) is 14.3. The second-order valence-corrected chi connectivity index (χ2v) is 6.97. The van der Waals surface area contributed by atoms with Crippen LogP contribution in [0.5, 0.6) is 0 Å². The minimum absolute atomic E-state index is 0.0717. The molecule has 1 saturated heterocycles. The van der Waals surface area contributed by atoms with Crippen molar-refractivity contribution in [1.82, 2.24) is 10.2 Å². The van der Waals surface area contributed by atoms with Crippen molar-refractivity contribution in [2.24, 2.45) is 0 Å². The van der Waals surface area contributed by atoms with Gasteiger partial charge in [-0.25, -0.2) is 0 Å². The fourth-order valence-corrected chi connectivity index (χ4v) is 4.04. The Balaban J connectivity index is 1.79. The zero-order valence-corrected chi connectivity index (χ0v) is 12.5. The first-order valence-electron chi connectivity index (χ1n) is 6.84. The third kappa shape index (κ3) is 2.10. The van der Waals surface area contributed by atoms with Crippen LogP contribution in [0, 0.1) is 0 Å². The van der Waals surface area contributed by atoms with E-state index in [0.717, 1.165) is 6.42 Å². The Kier molecular flexibility index (Phi) is 3.24. The molecule has 5 heteroatoms. The van der Waals surface area contributed by atoms with Crippen LogP contribution in [0.4, 0.5) is 0 Å². The predicted molar refractivity (Wildman–Crippen MR) is 78.6 cm³/mol. The maximum Gasteiger partial charge on any atom is 0.245 e. The highest BCUT2D eigenvalue weighted by atomic mass is 32.2. The smallest absolute Gasteiger partial charge is 0.245 e. The summed E-state index contributed by atoms with van der Waals surface area (Å²) in [5.41, 5.74) is 0.472. The minimum atomic E-state index is -0.759. The molecule has 2 amide bonds. The first kappa shape index (κ1) is 13.5. The number of nitrogens with one attached hydrogen (secondary N) is 1. The number of rotatable bonds is 1. The normalized spacial score (nSPS) is 24.2. The lowest BCUT2D eigenvalue weighted by Crippen LogP contribution is -2.64. The summed E-state index contributed by atoms with van der Waals surface area (Å²) < 4.78 is 0. The molecule has 1 atom stereocenters. The summed E-state index contributed by atoms with van der Waals surface area (Å²) in [5, 5.41) is 2.73. The van der Waals surface area contributed by atoms with E-state index < -0.39 is 5.54 Å². The molecule has 1 aromatic carbocycles. The molecular weight excluding hydrogens is 272 g/mol. The Morgan fingerprint density at radius 3 is 2.90 bits per heavy atom. The van der Waals surface area contributed by atoms with Crippen molar-refractivity contribution in [1.29, 1.82) is 0 Å². The molecule has 0 spiro atoms. The molecule has 1 fully saturated rings. The van der Waals surface area contributed by atoms with Crippen molar-refractivity contribution in [2.75, 3.05) is 13.1 Å². The topological polar surface area (TPSA) is 49.4 Å². The Bertz CT molecular complexity index is 546. The van der Waals surface area contributed by atoms with Gasteiger partial charge in [-0.1, -0.05) is 18.2 Å². The number of hydrogen-bond donors (Lipinski definition) is 1. The first-order valence-corrected chi connectivity index (χ1v) is 7.72. The van der Waals surface area contributed by atoms with Crippen molar-refractivity contribution in [2.45, 2.75) is 36.0 Å². The third-order valence-electron chi connectivity index (χ3n) is 4.04. The molecule has 0 bridgehead atoms. The van der Waals surface area contributed by atoms with Crippen LogP contribution in [0.2, 0.25) is 0 Å². The molecule has 2 aliphatic heterocycles. The molecule has 0 aromatic heterocycles.